The Balaban J connectivity index is 1.60. The maximum atomic E-state index is 11.9. The summed E-state index contributed by atoms with van der Waals surface area (Å²) in [6.07, 6.45) is 0. The predicted molar refractivity (Wildman–Crippen MR) is 107 cm³/mol. The van der Waals surface area contributed by atoms with Crippen LogP contribution in [0.15, 0.2) is 46.9 Å². The zero-order valence-corrected chi connectivity index (χ0v) is 16.1. The topological polar surface area (TPSA) is 57.5 Å². The number of thiocarbonyl (C=S) groups is 1. The molecule has 2 rings (SSSR count). The van der Waals surface area contributed by atoms with Crippen molar-refractivity contribution in [2.45, 2.75) is 12.3 Å². The number of benzene rings is 1. The largest absolute Gasteiger partial charge is 0.464 e. The van der Waals surface area contributed by atoms with Gasteiger partial charge in [-0.25, -0.2) is 0 Å². The third kappa shape index (κ3) is 7.29. The maximum absolute atomic E-state index is 11.9. The molecule has 0 spiro atoms. The van der Waals surface area contributed by atoms with E-state index in [2.05, 4.69) is 15.5 Å². The van der Waals surface area contributed by atoms with E-state index in [-0.39, 0.29) is 5.91 Å². The summed E-state index contributed by atoms with van der Waals surface area (Å²) in [5, 5.41) is 6.07. The highest BCUT2D eigenvalue weighted by molar-refractivity contribution is 7.98. The van der Waals surface area contributed by atoms with E-state index < -0.39 is 0 Å². The summed E-state index contributed by atoms with van der Waals surface area (Å²) in [5.74, 6) is 3.43. The van der Waals surface area contributed by atoms with Crippen molar-refractivity contribution in [1.82, 2.24) is 15.5 Å². The average Bonchev–Trinajstić information content (AvgIpc) is 3.02. The van der Waals surface area contributed by atoms with Gasteiger partial charge in [0.25, 0.3) is 5.91 Å². The van der Waals surface area contributed by atoms with Gasteiger partial charge in [0.15, 0.2) is 5.11 Å². The Morgan fingerprint density at radius 3 is 2.60 bits per heavy atom. The lowest BCUT2D eigenvalue weighted by Crippen LogP contribution is -2.40. The molecule has 1 aromatic heterocycles. The summed E-state index contributed by atoms with van der Waals surface area (Å²) in [6, 6.07) is 13.0. The number of carbonyl (C=O) groups is 1. The van der Waals surface area contributed by atoms with Crippen molar-refractivity contribution in [3.63, 3.8) is 0 Å². The number of nitrogens with one attached hydrogen (secondary N) is 2. The normalized spacial score (nSPS) is 10.7. The van der Waals surface area contributed by atoms with Crippen LogP contribution in [0, 0.1) is 0 Å². The van der Waals surface area contributed by atoms with Gasteiger partial charge in [-0.05, 0) is 50.6 Å². The van der Waals surface area contributed by atoms with E-state index in [1.807, 2.05) is 44.4 Å². The first-order valence-electron chi connectivity index (χ1n) is 7.99. The summed E-state index contributed by atoms with van der Waals surface area (Å²) >= 11 is 6.89. The standard InChI is InChI=1S/C18H23N3O2S2/c1-21(2)12-15-8-9-16(23-15)13-25-11-10-19-18(24)20-17(22)14-6-4-3-5-7-14/h3-9H,10-13H2,1-2H3,(H2,19,20,22,24). The van der Waals surface area contributed by atoms with Gasteiger partial charge in [0.05, 0.1) is 12.3 Å². The molecule has 1 heterocycles. The number of rotatable bonds is 8. The van der Waals surface area contributed by atoms with Gasteiger partial charge < -0.3 is 14.6 Å². The summed E-state index contributed by atoms with van der Waals surface area (Å²) < 4.78 is 5.76. The highest BCUT2D eigenvalue weighted by Crippen LogP contribution is 2.15. The molecule has 0 saturated heterocycles. The van der Waals surface area contributed by atoms with E-state index in [1.165, 1.54) is 0 Å². The van der Waals surface area contributed by atoms with Gasteiger partial charge in [0, 0.05) is 17.9 Å². The lowest BCUT2D eigenvalue weighted by molar-refractivity contribution is 0.0976. The Morgan fingerprint density at radius 2 is 1.88 bits per heavy atom. The third-order valence-electron chi connectivity index (χ3n) is 3.23. The lowest BCUT2D eigenvalue weighted by Gasteiger charge is -2.09. The van der Waals surface area contributed by atoms with Gasteiger partial charge in [-0.2, -0.15) is 11.8 Å². The number of hydrogen-bond acceptors (Lipinski definition) is 5. The monoisotopic (exact) mass is 377 g/mol. The summed E-state index contributed by atoms with van der Waals surface area (Å²) in [7, 11) is 4.03. The smallest absolute Gasteiger partial charge is 0.257 e. The zero-order chi connectivity index (χ0) is 18.1. The van der Waals surface area contributed by atoms with E-state index in [9.17, 15) is 4.79 Å². The molecule has 1 amide bonds. The van der Waals surface area contributed by atoms with Crippen LogP contribution in [0.25, 0.3) is 0 Å². The van der Waals surface area contributed by atoms with Crippen LogP contribution in [0.3, 0.4) is 0 Å². The molecular formula is C18H23N3O2S2. The Kier molecular flexibility index (Phi) is 7.97. The van der Waals surface area contributed by atoms with Crippen molar-refractivity contribution in [2.24, 2.45) is 0 Å². The molecule has 0 aliphatic rings. The molecule has 0 fully saturated rings. The minimum absolute atomic E-state index is 0.199. The van der Waals surface area contributed by atoms with Crippen molar-refractivity contribution in [1.29, 1.82) is 0 Å². The van der Waals surface area contributed by atoms with Gasteiger partial charge >= 0.3 is 0 Å². The molecule has 0 bridgehead atoms. The van der Waals surface area contributed by atoms with E-state index >= 15 is 0 Å². The summed E-state index contributed by atoms with van der Waals surface area (Å²) in [6.45, 7) is 1.49. The van der Waals surface area contributed by atoms with Crippen molar-refractivity contribution < 1.29 is 9.21 Å². The molecule has 7 heteroatoms. The summed E-state index contributed by atoms with van der Waals surface area (Å²) in [4.78, 5) is 14.0. The predicted octanol–water partition coefficient (Wildman–Crippen LogP) is 2.88. The van der Waals surface area contributed by atoms with E-state index in [0.717, 1.165) is 29.6 Å². The molecule has 5 nitrogen and oxygen atoms in total. The maximum Gasteiger partial charge on any atom is 0.257 e. The Hall–Kier alpha value is -1.83. The minimum atomic E-state index is -0.199. The summed E-state index contributed by atoms with van der Waals surface area (Å²) in [5.41, 5.74) is 0.590. The lowest BCUT2D eigenvalue weighted by atomic mass is 10.2. The first kappa shape index (κ1) is 19.5. The van der Waals surface area contributed by atoms with Crippen molar-refractivity contribution in [3.05, 3.63) is 59.5 Å². The Bertz CT molecular complexity index is 687. The Morgan fingerprint density at radius 1 is 1.16 bits per heavy atom. The van der Waals surface area contributed by atoms with E-state index in [1.54, 1.807) is 23.9 Å². The molecule has 0 saturated carbocycles. The number of nitrogens with zero attached hydrogens (tertiary/aromatic N) is 1. The molecule has 25 heavy (non-hydrogen) atoms. The second kappa shape index (κ2) is 10.2. The fourth-order valence-corrected chi connectivity index (χ4v) is 3.06. The quantitative estimate of drug-likeness (QED) is 0.545. The fraction of sp³-hybridized carbons (Fsp3) is 0.333. The first-order chi connectivity index (χ1) is 12.0. The SMILES string of the molecule is CN(C)Cc1ccc(CSCCNC(=S)NC(=O)c2ccccc2)o1. The zero-order valence-electron chi connectivity index (χ0n) is 14.5. The molecule has 134 valence electrons. The molecule has 0 aliphatic carbocycles. The number of furan rings is 1. The van der Waals surface area contributed by atoms with Crippen LogP contribution in [0.5, 0.6) is 0 Å². The van der Waals surface area contributed by atoms with Crippen LogP contribution in [0.4, 0.5) is 0 Å². The molecule has 1 aromatic carbocycles. The molecular weight excluding hydrogens is 354 g/mol. The van der Waals surface area contributed by atoms with Gasteiger partial charge in [-0.15, -0.1) is 0 Å². The first-order valence-corrected chi connectivity index (χ1v) is 9.55. The van der Waals surface area contributed by atoms with E-state index in [4.69, 9.17) is 16.6 Å². The van der Waals surface area contributed by atoms with Crippen LogP contribution in [-0.4, -0.2) is 42.3 Å². The van der Waals surface area contributed by atoms with Crippen LogP contribution < -0.4 is 10.6 Å². The van der Waals surface area contributed by atoms with Crippen LogP contribution in [0.1, 0.15) is 21.9 Å². The second-order valence-electron chi connectivity index (χ2n) is 5.73. The number of amides is 1. The Labute approximate surface area is 158 Å². The van der Waals surface area contributed by atoms with Crippen LogP contribution >= 0.6 is 24.0 Å². The fourth-order valence-electron chi connectivity index (χ4n) is 2.12. The van der Waals surface area contributed by atoms with Crippen molar-refractivity contribution >= 4 is 35.0 Å². The molecule has 2 aromatic rings. The molecule has 0 unspecified atom stereocenters. The highest BCUT2D eigenvalue weighted by atomic mass is 32.2. The van der Waals surface area contributed by atoms with Crippen molar-refractivity contribution in [2.75, 3.05) is 26.4 Å². The highest BCUT2D eigenvalue weighted by Gasteiger charge is 2.07. The van der Waals surface area contributed by atoms with Gasteiger partial charge in [-0.1, -0.05) is 18.2 Å². The third-order valence-corrected chi connectivity index (χ3v) is 4.46. The van der Waals surface area contributed by atoms with Gasteiger partial charge in [0.1, 0.15) is 11.5 Å². The number of carbonyl (C=O) groups excluding carboxylic acids is 1. The molecule has 2 N–H and O–H groups in total. The molecule has 0 aliphatic heterocycles. The van der Waals surface area contributed by atoms with Crippen LogP contribution in [-0.2, 0) is 12.3 Å². The van der Waals surface area contributed by atoms with E-state index in [0.29, 0.717) is 17.2 Å². The van der Waals surface area contributed by atoms with Gasteiger partial charge in [-0.3, -0.25) is 10.1 Å². The average molecular weight is 378 g/mol. The second-order valence-corrected chi connectivity index (χ2v) is 7.25. The molecule has 0 radical (unpaired) electrons. The van der Waals surface area contributed by atoms with Crippen molar-refractivity contribution in [3.8, 4) is 0 Å². The van der Waals surface area contributed by atoms with Gasteiger partial charge in [0.2, 0.25) is 0 Å². The number of thioether (sulfide) groups is 1. The minimum Gasteiger partial charge on any atom is -0.464 e. The molecule has 0 atom stereocenters. The number of hydrogen-bond donors (Lipinski definition) is 2. The van der Waals surface area contributed by atoms with Crippen LogP contribution in [0.2, 0.25) is 0 Å².